The molecular formula is C24H20ClN3OS. The van der Waals surface area contributed by atoms with Gasteiger partial charge in [0.25, 0.3) is 0 Å². The maximum atomic E-state index is 13.6. The van der Waals surface area contributed by atoms with E-state index in [1.807, 2.05) is 54.3 Å². The van der Waals surface area contributed by atoms with Crippen molar-refractivity contribution in [2.24, 2.45) is 0 Å². The minimum Gasteiger partial charge on any atom is -0.318 e. The van der Waals surface area contributed by atoms with Gasteiger partial charge in [-0.05, 0) is 59.8 Å². The highest BCUT2D eigenvalue weighted by atomic mass is 35.5. The molecule has 0 bridgehead atoms. The summed E-state index contributed by atoms with van der Waals surface area (Å²) < 4.78 is 2.19. The fraction of sp³-hybridized carbons (Fsp3) is 0.125. The van der Waals surface area contributed by atoms with Crippen LogP contribution in [-0.4, -0.2) is 15.5 Å². The van der Waals surface area contributed by atoms with Gasteiger partial charge in [-0.25, -0.2) is 4.79 Å². The van der Waals surface area contributed by atoms with E-state index >= 15 is 0 Å². The van der Waals surface area contributed by atoms with Crippen LogP contribution in [0, 0.1) is 6.92 Å². The summed E-state index contributed by atoms with van der Waals surface area (Å²) in [5.74, 6) is 0. The number of benzene rings is 2. The van der Waals surface area contributed by atoms with Gasteiger partial charge in [0.1, 0.15) is 6.04 Å². The van der Waals surface area contributed by atoms with Gasteiger partial charge in [0.05, 0.1) is 17.9 Å². The molecule has 1 atom stereocenters. The molecule has 2 amide bonds. The molecule has 2 aromatic carbocycles. The Morgan fingerprint density at radius 2 is 1.93 bits per heavy atom. The predicted molar refractivity (Wildman–Crippen MR) is 123 cm³/mol. The van der Waals surface area contributed by atoms with Crippen LogP contribution in [0.1, 0.15) is 27.7 Å². The summed E-state index contributed by atoms with van der Waals surface area (Å²) >= 11 is 7.93. The predicted octanol–water partition coefficient (Wildman–Crippen LogP) is 6.64. The lowest BCUT2D eigenvalue weighted by molar-refractivity contribution is 0.195. The van der Waals surface area contributed by atoms with Crippen LogP contribution in [0.2, 0.25) is 5.02 Å². The molecule has 4 nitrogen and oxygen atoms in total. The molecule has 0 spiro atoms. The van der Waals surface area contributed by atoms with Gasteiger partial charge in [0.15, 0.2) is 0 Å². The van der Waals surface area contributed by atoms with Gasteiger partial charge in [0, 0.05) is 21.8 Å². The zero-order chi connectivity index (χ0) is 20.7. The minimum absolute atomic E-state index is 0.150. The molecule has 0 unspecified atom stereocenters. The summed E-state index contributed by atoms with van der Waals surface area (Å²) in [4.78, 5) is 16.6. The number of amides is 2. The van der Waals surface area contributed by atoms with Crippen molar-refractivity contribution >= 4 is 34.7 Å². The highest BCUT2D eigenvalue weighted by molar-refractivity contribution is 7.10. The molecule has 0 aliphatic carbocycles. The van der Waals surface area contributed by atoms with Crippen LogP contribution in [0.4, 0.5) is 10.5 Å². The van der Waals surface area contributed by atoms with Gasteiger partial charge in [-0.3, -0.25) is 0 Å². The number of carbonyl (C=O) groups is 1. The summed E-state index contributed by atoms with van der Waals surface area (Å²) in [5, 5.41) is 5.78. The molecule has 0 saturated heterocycles. The Hall–Kier alpha value is -3.02. The molecule has 6 heteroatoms. The Labute approximate surface area is 184 Å². The number of para-hydroxylation sites is 1. The number of nitrogens with one attached hydrogen (secondary N) is 1. The largest absolute Gasteiger partial charge is 0.323 e. The van der Waals surface area contributed by atoms with Crippen LogP contribution < -0.4 is 5.32 Å². The lowest BCUT2D eigenvalue weighted by atomic mass is 10.1. The van der Waals surface area contributed by atoms with Crippen LogP contribution >= 0.6 is 22.9 Å². The Bertz CT molecular complexity index is 1210. The molecule has 1 aliphatic rings. The second-order valence-corrected chi connectivity index (χ2v) is 8.71. The molecule has 0 fully saturated rings. The van der Waals surface area contributed by atoms with Gasteiger partial charge < -0.3 is 14.8 Å². The van der Waals surface area contributed by atoms with Crippen molar-refractivity contribution in [3.8, 4) is 5.69 Å². The highest BCUT2D eigenvalue weighted by Crippen LogP contribution is 2.38. The first-order valence-corrected chi connectivity index (χ1v) is 11.0. The molecule has 2 aromatic heterocycles. The highest BCUT2D eigenvalue weighted by Gasteiger charge is 2.33. The van der Waals surface area contributed by atoms with E-state index in [9.17, 15) is 4.79 Å². The van der Waals surface area contributed by atoms with Crippen molar-refractivity contribution in [1.29, 1.82) is 0 Å². The molecule has 0 saturated carbocycles. The standard InChI is InChI=1S/C24H20ClN3OS/c1-16-18(25)8-4-9-19(16)26-24(29)28-15-17-7-2-3-10-20(17)27-13-5-11-21(27)23(28)22-12-6-14-30-22/h2-14,23H,15H2,1H3,(H,26,29)/t23-/m1/s1. The third-order valence-electron chi connectivity index (χ3n) is 5.55. The van der Waals surface area contributed by atoms with E-state index in [4.69, 9.17) is 11.6 Å². The Kier molecular flexibility index (Phi) is 4.85. The first-order valence-electron chi connectivity index (χ1n) is 9.75. The molecule has 3 heterocycles. The van der Waals surface area contributed by atoms with Crippen LogP contribution in [-0.2, 0) is 6.54 Å². The number of halogens is 1. The van der Waals surface area contributed by atoms with E-state index in [0.717, 1.165) is 33.1 Å². The molecule has 150 valence electrons. The number of thiophene rings is 1. The van der Waals surface area contributed by atoms with Crippen molar-refractivity contribution in [3.63, 3.8) is 0 Å². The Balaban J connectivity index is 1.62. The maximum Gasteiger partial charge on any atom is 0.323 e. The van der Waals surface area contributed by atoms with Gasteiger partial charge in [0.2, 0.25) is 0 Å². The van der Waals surface area contributed by atoms with Crippen molar-refractivity contribution in [2.45, 2.75) is 19.5 Å². The number of urea groups is 1. The van der Waals surface area contributed by atoms with Crippen LogP contribution in [0.25, 0.3) is 5.69 Å². The fourth-order valence-corrected chi connectivity index (χ4v) is 5.04. The Morgan fingerprint density at radius 3 is 2.77 bits per heavy atom. The van der Waals surface area contributed by atoms with E-state index < -0.39 is 0 Å². The van der Waals surface area contributed by atoms with Gasteiger partial charge in [-0.2, -0.15) is 0 Å². The van der Waals surface area contributed by atoms with E-state index in [2.05, 4.69) is 45.7 Å². The molecular weight excluding hydrogens is 414 g/mol. The third-order valence-corrected chi connectivity index (χ3v) is 6.88. The van der Waals surface area contributed by atoms with Crippen LogP contribution in [0.3, 0.4) is 0 Å². The lowest BCUT2D eigenvalue weighted by Crippen LogP contribution is -2.37. The number of carbonyl (C=O) groups excluding carboxylic acids is 1. The number of hydrogen-bond donors (Lipinski definition) is 1. The molecule has 1 N–H and O–H groups in total. The number of hydrogen-bond acceptors (Lipinski definition) is 2. The third kappa shape index (κ3) is 3.20. The summed E-state index contributed by atoms with van der Waals surface area (Å²) in [6.07, 6.45) is 2.07. The topological polar surface area (TPSA) is 37.3 Å². The first-order chi connectivity index (χ1) is 14.6. The summed E-state index contributed by atoms with van der Waals surface area (Å²) in [5.41, 5.74) is 4.87. The molecule has 0 radical (unpaired) electrons. The number of fused-ring (bicyclic) bond motifs is 3. The van der Waals surface area contributed by atoms with E-state index in [0.29, 0.717) is 11.6 Å². The lowest BCUT2D eigenvalue weighted by Gasteiger charge is -2.30. The number of nitrogens with zero attached hydrogens (tertiary/aromatic N) is 2. The average Bonchev–Trinajstić information content (AvgIpc) is 3.42. The molecule has 1 aliphatic heterocycles. The van der Waals surface area contributed by atoms with Crippen LogP contribution in [0.5, 0.6) is 0 Å². The molecule has 30 heavy (non-hydrogen) atoms. The quantitative estimate of drug-likeness (QED) is 0.378. The SMILES string of the molecule is Cc1c(Cl)cccc1NC(=O)N1Cc2ccccc2-n2cccc2[C@@H]1c1cccs1. The monoisotopic (exact) mass is 433 g/mol. The van der Waals surface area contributed by atoms with E-state index in [1.165, 1.54) is 0 Å². The van der Waals surface area contributed by atoms with Crippen LogP contribution in [0.15, 0.2) is 78.3 Å². The number of rotatable bonds is 2. The van der Waals surface area contributed by atoms with Crippen molar-refractivity contribution in [1.82, 2.24) is 9.47 Å². The number of anilines is 1. The second-order valence-electron chi connectivity index (χ2n) is 7.32. The van der Waals surface area contributed by atoms with Gasteiger partial charge in [-0.1, -0.05) is 41.9 Å². The second kappa shape index (κ2) is 7.67. The summed E-state index contributed by atoms with van der Waals surface area (Å²) in [6, 6.07) is 21.7. The van der Waals surface area contributed by atoms with E-state index in [1.54, 1.807) is 11.3 Å². The van der Waals surface area contributed by atoms with Crippen molar-refractivity contribution in [2.75, 3.05) is 5.32 Å². The molecule has 4 aromatic rings. The van der Waals surface area contributed by atoms with E-state index in [-0.39, 0.29) is 12.1 Å². The summed E-state index contributed by atoms with van der Waals surface area (Å²) in [7, 11) is 0. The normalized spacial score (nSPS) is 15.3. The van der Waals surface area contributed by atoms with Gasteiger partial charge in [-0.15, -0.1) is 11.3 Å². The zero-order valence-corrected chi connectivity index (χ0v) is 18.0. The van der Waals surface area contributed by atoms with Crippen molar-refractivity contribution < 1.29 is 4.79 Å². The minimum atomic E-state index is -0.188. The fourth-order valence-electron chi connectivity index (χ4n) is 4.02. The Morgan fingerprint density at radius 1 is 1.07 bits per heavy atom. The first kappa shape index (κ1) is 19.0. The number of aromatic nitrogens is 1. The maximum absolute atomic E-state index is 13.6. The van der Waals surface area contributed by atoms with Crippen molar-refractivity contribution in [3.05, 3.63) is 105 Å². The smallest absolute Gasteiger partial charge is 0.318 e. The zero-order valence-electron chi connectivity index (χ0n) is 16.4. The van der Waals surface area contributed by atoms with Gasteiger partial charge >= 0.3 is 6.03 Å². The summed E-state index contributed by atoms with van der Waals surface area (Å²) in [6.45, 7) is 2.42. The average molecular weight is 434 g/mol. The molecule has 5 rings (SSSR count).